The van der Waals surface area contributed by atoms with Gasteiger partial charge in [0.1, 0.15) is 0 Å². The molecule has 21 heavy (non-hydrogen) atoms. The maximum atomic E-state index is 11.6. The van der Waals surface area contributed by atoms with Crippen molar-refractivity contribution in [1.82, 2.24) is 15.5 Å². The minimum Gasteiger partial charge on any atom is -0.355 e. The van der Waals surface area contributed by atoms with Crippen LogP contribution in [-0.2, 0) is 11.3 Å². The van der Waals surface area contributed by atoms with Crippen molar-refractivity contribution in [2.45, 2.75) is 39.3 Å². The average Bonchev–Trinajstić information content (AvgIpc) is 2.42. The average molecular weight is 291 g/mol. The predicted molar refractivity (Wildman–Crippen MR) is 88.2 cm³/mol. The van der Waals surface area contributed by atoms with Crippen LogP contribution in [0.3, 0.4) is 0 Å². The minimum atomic E-state index is -0.0206. The topological polar surface area (TPSA) is 44.4 Å². The summed E-state index contributed by atoms with van der Waals surface area (Å²) in [6, 6.07) is 10.4. The first kappa shape index (κ1) is 17.7. The smallest absolute Gasteiger partial charge is 0.233 e. The number of carbonyl (C=O) groups excluding carboxylic acids is 1. The molecule has 0 aliphatic heterocycles. The van der Waals surface area contributed by atoms with Crippen LogP contribution < -0.4 is 10.6 Å². The maximum Gasteiger partial charge on any atom is 0.233 e. The van der Waals surface area contributed by atoms with Gasteiger partial charge in [-0.05, 0) is 46.3 Å². The molecule has 4 nitrogen and oxygen atoms in total. The molecule has 1 rings (SSSR count). The van der Waals surface area contributed by atoms with Crippen LogP contribution >= 0.6 is 0 Å². The third-order valence-electron chi connectivity index (χ3n) is 3.11. The quantitative estimate of drug-likeness (QED) is 0.720. The van der Waals surface area contributed by atoms with E-state index < -0.39 is 0 Å². The summed E-state index contributed by atoms with van der Waals surface area (Å²) >= 11 is 0. The number of benzene rings is 1. The highest BCUT2D eigenvalue weighted by Crippen LogP contribution is 2.02. The van der Waals surface area contributed by atoms with E-state index in [1.165, 1.54) is 5.56 Å². The van der Waals surface area contributed by atoms with Gasteiger partial charge in [0.2, 0.25) is 5.91 Å². The van der Waals surface area contributed by atoms with Crippen molar-refractivity contribution in [2.75, 3.05) is 26.7 Å². The first-order valence-corrected chi connectivity index (χ1v) is 7.61. The van der Waals surface area contributed by atoms with E-state index in [4.69, 9.17) is 0 Å². The number of carbonyl (C=O) groups is 1. The number of hydrogen-bond acceptors (Lipinski definition) is 3. The standard InChI is InChI=1S/C17H29N3O/c1-17(2,3)19-13-16(21)18-11-8-12-20(4)14-15-9-6-5-7-10-15/h5-7,9-10,19H,8,11-14H2,1-4H3,(H,18,21). The van der Waals surface area contributed by atoms with Crippen LogP contribution in [0.1, 0.15) is 32.8 Å². The molecule has 0 saturated heterocycles. The van der Waals surface area contributed by atoms with Gasteiger partial charge < -0.3 is 15.5 Å². The molecule has 1 amide bonds. The fourth-order valence-corrected chi connectivity index (χ4v) is 1.96. The van der Waals surface area contributed by atoms with Crippen LogP contribution in [0.5, 0.6) is 0 Å². The molecule has 0 unspecified atom stereocenters. The van der Waals surface area contributed by atoms with Crippen LogP contribution in [-0.4, -0.2) is 43.0 Å². The number of hydrogen-bond donors (Lipinski definition) is 2. The third kappa shape index (κ3) is 9.21. The molecule has 0 bridgehead atoms. The van der Waals surface area contributed by atoms with Gasteiger partial charge in [0.25, 0.3) is 0 Å². The Hall–Kier alpha value is -1.39. The molecule has 1 aromatic carbocycles. The van der Waals surface area contributed by atoms with E-state index in [9.17, 15) is 4.79 Å². The molecule has 1 aromatic rings. The first-order chi connectivity index (χ1) is 9.87. The number of nitrogens with zero attached hydrogens (tertiary/aromatic N) is 1. The Balaban J connectivity index is 2.09. The van der Waals surface area contributed by atoms with Crippen LogP contribution in [0.15, 0.2) is 30.3 Å². The van der Waals surface area contributed by atoms with Gasteiger partial charge in [0.05, 0.1) is 6.54 Å². The molecule has 0 radical (unpaired) electrons. The number of nitrogens with one attached hydrogen (secondary N) is 2. The Morgan fingerprint density at radius 3 is 2.48 bits per heavy atom. The van der Waals surface area contributed by atoms with Gasteiger partial charge in [-0.3, -0.25) is 4.79 Å². The van der Waals surface area contributed by atoms with Gasteiger partial charge in [-0.1, -0.05) is 30.3 Å². The van der Waals surface area contributed by atoms with Crippen LogP contribution in [0.25, 0.3) is 0 Å². The Bertz CT molecular complexity index is 412. The van der Waals surface area contributed by atoms with E-state index in [2.05, 4.69) is 67.6 Å². The Morgan fingerprint density at radius 1 is 1.19 bits per heavy atom. The lowest BCUT2D eigenvalue weighted by molar-refractivity contribution is -0.120. The Kier molecular flexibility index (Phi) is 7.40. The summed E-state index contributed by atoms with van der Waals surface area (Å²) < 4.78 is 0. The highest BCUT2D eigenvalue weighted by molar-refractivity contribution is 5.78. The normalized spacial score (nSPS) is 11.7. The monoisotopic (exact) mass is 291 g/mol. The van der Waals surface area contributed by atoms with Crippen LogP contribution in [0, 0.1) is 0 Å². The van der Waals surface area contributed by atoms with E-state index in [1.807, 2.05) is 6.07 Å². The zero-order valence-corrected chi connectivity index (χ0v) is 13.8. The van der Waals surface area contributed by atoms with Gasteiger partial charge in [0, 0.05) is 18.6 Å². The lowest BCUT2D eigenvalue weighted by atomic mass is 10.1. The molecular weight excluding hydrogens is 262 g/mol. The van der Waals surface area contributed by atoms with Crippen LogP contribution in [0.2, 0.25) is 0 Å². The second-order valence-electron chi connectivity index (χ2n) is 6.53. The molecule has 4 heteroatoms. The second-order valence-corrected chi connectivity index (χ2v) is 6.53. The van der Waals surface area contributed by atoms with Gasteiger partial charge in [-0.2, -0.15) is 0 Å². The Labute approximate surface area is 128 Å². The Morgan fingerprint density at radius 2 is 1.86 bits per heavy atom. The van der Waals surface area contributed by atoms with Crippen molar-refractivity contribution in [3.05, 3.63) is 35.9 Å². The number of amides is 1. The predicted octanol–water partition coefficient (Wildman–Crippen LogP) is 2.01. The fourth-order valence-electron chi connectivity index (χ4n) is 1.96. The van der Waals surface area contributed by atoms with Crippen molar-refractivity contribution >= 4 is 5.91 Å². The van der Waals surface area contributed by atoms with Gasteiger partial charge in [-0.15, -0.1) is 0 Å². The molecule has 118 valence electrons. The van der Waals surface area contributed by atoms with E-state index in [1.54, 1.807) is 0 Å². The van der Waals surface area contributed by atoms with Crippen molar-refractivity contribution < 1.29 is 4.79 Å². The van der Waals surface area contributed by atoms with Crippen molar-refractivity contribution in [2.24, 2.45) is 0 Å². The highest BCUT2D eigenvalue weighted by atomic mass is 16.1. The third-order valence-corrected chi connectivity index (χ3v) is 3.11. The highest BCUT2D eigenvalue weighted by Gasteiger charge is 2.10. The van der Waals surface area contributed by atoms with Gasteiger partial charge in [0.15, 0.2) is 0 Å². The zero-order valence-electron chi connectivity index (χ0n) is 13.8. The van der Waals surface area contributed by atoms with Gasteiger partial charge in [-0.25, -0.2) is 0 Å². The molecule has 2 N–H and O–H groups in total. The van der Waals surface area contributed by atoms with Crippen molar-refractivity contribution in [1.29, 1.82) is 0 Å². The van der Waals surface area contributed by atoms with Crippen molar-refractivity contribution in [3.8, 4) is 0 Å². The molecule has 0 spiro atoms. The summed E-state index contributed by atoms with van der Waals surface area (Å²) in [5.41, 5.74) is 1.30. The summed E-state index contributed by atoms with van der Waals surface area (Å²) in [5.74, 6) is 0.0654. The molecular formula is C17H29N3O. The first-order valence-electron chi connectivity index (χ1n) is 7.61. The summed E-state index contributed by atoms with van der Waals surface area (Å²) in [6.07, 6.45) is 0.963. The summed E-state index contributed by atoms with van der Waals surface area (Å²) in [5, 5.41) is 6.13. The number of rotatable bonds is 8. The minimum absolute atomic E-state index is 0.0206. The summed E-state index contributed by atoms with van der Waals surface area (Å²) in [6.45, 7) is 9.19. The molecule has 0 aliphatic rings. The van der Waals surface area contributed by atoms with E-state index in [0.29, 0.717) is 6.54 Å². The van der Waals surface area contributed by atoms with Crippen LogP contribution in [0.4, 0.5) is 0 Å². The molecule has 0 atom stereocenters. The van der Waals surface area contributed by atoms with Gasteiger partial charge >= 0.3 is 0 Å². The molecule has 0 heterocycles. The SMILES string of the molecule is CN(CCCNC(=O)CNC(C)(C)C)Cc1ccccc1. The molecule has 0 fully saturated rings. The van der Waals surface area contributed by atoms with E-state index in [-0.39, 0.29) is 11.4 Å². The zero-order chi connectivity index (χ0) is 15.7. The largest absolute Gasteiger partial charge is 0.355 e. The maximum absolute atomic E-state index is 11.6. The van der Waals surface area contributed by atoms with Crippen molar-refractivity contribution in [3.63, 3.8) is 0 Å². The second kappa shape index (κ2) is 8.80. The lowest BCUT2D eigenvalue weighted by Gasteiger charge is -2.20. The lowest BCUT2D eigenvalue weighted by Crippen LogP contribution is -2.43. The molecule has 0 aromatic heterocycles. The molecule has 0 saturated carbocycles. The fraction of sp³-hybridized carbons (Fsp3) is 0.588. The van der Waals surface area contributed by atoms with E-state index >= 15 is 0 Å². The summed E-state index contributed by atoms with van der Waals surface area (Å²) in [4.78, 5) is 13.9. The molecule has 0 aliphatic carbocycles. The van der Waals surface area contributed by atoms with E-state index in [0.717, 1.165) is 26.1 Å². The summed E-state index contributed by atoms with van der Waals surface area (Å²) in [7, 11) is 2.11.